The molecule has 0 radical (unpaired) electrons. The van der Waals surface area contributed by atoms with Crippen LogP contribution in [0.3, 0.4) is 0 Å². The standard InChI is InChI=1S/C28H36N4O3/c1-35-24-11-7-21(8-12-24)20-32-26(33)19-28(30-32)14-17-31(18-15-28)16-13-25(22-5-3-2-4-6-22)29-27(34)23-9-10-23/h2-8,11-12,23,25,30H,9-10,13-20H2,1H3,(H,29,34)/t25-/m0/s1. The average Bonchev–Trinajstić information content (AvgIpc) is 3.69. The minimum absolute atomic E-state index is 0.0476. The Balaban J connectivity index is 1.13. The van der Waals surface area contributed by atoms with Crippen molar-refractivity contribution in [1.29, 1.82) is 0 Å². The Morgan fingerprint density at radius 1 is 1.11 bits per heavy atom. The highest BCUT2D eigenvalue weighted by Gasteiger charge is 2.44. The van der Waals surface area contributed by atoms with Crippen LogP contribution in [-0.4, -0.2) is 54.0 Å². The lowest BCUT2D eigenvalue weighted by Gasteiger charge is -2.39. The summed E-state index contributed by atoms with van der Waals surface area (Å²) < 4.78 is 5.23. The van der Waals surface area contributed by atoms with Crippen LogP contribution in [0.25, 0.3) is 0 Å². The summed E-state index contributed by atoms with van der Waals surface area (Å²) in [7, 11) is 1.66. The predicted molar refractivity (Wildman–Crippen MR) is 134 cm³/mol. The van der Waals surface area contributed by atoms with Crippen molar-refractivity contribution in [2.24, 2.45) is 5.92 Å². The monoisotopic (exact) mass is 476 g/mol. The SMILES string of the molecule is COc1ccc(CN2NC3(CCN(CC[C@H](NC(=O)C4CC4)c4ccccc4)CC3)CC2=O)cc1. The molecule has 0 aromatic heterocycles. The lowest BCUT2D eigenvalue weighted by molar-refractivity contribution is -0.130. The Labute approximate surface area is 207 Å². The van der Waals surface area contributed by atoms with Crippen LogP contribution in [-0.2, 0) is 16.1 Å². The smallest absolute Gasteiger partial charge is 0.238 e. The van der Waals surface area contributed by atoms with Crippen LogP contribution < -0.4 is 15.5 Å². The Morgan fingerprint density at radius 2 is 1.83 bits per heavy atom. The van der Waals surface area contributed by atoms with E-state index in [1.807, 2.05) is 42.5 Å². The van der Waals surface area contributed by atoms with Gasteiger partial charge >= 0.3 is 0 Å². The summed E-state index contributed by atoms with van der Waals surface area (Å²) >= 11 is 0. The average molecular weight is 477 g/mol. The summed E-state index contributed by atoms with van der Waals surface area (Å²) in [6.07, 6.45) is 5.38. The van der Waals surface area contributed by atoms with Gasteiger partial charge in [-0.25, -0.2) is 5.43 Å². The minimum atomic E-state index is -0.140. The molecule has 0 bridgehead atoms. The number of likely N-dealkylation sites (tertiary alicyclic amines) is 1. The van der Waals surface area contributed by atoms with Gasteiger partial charge in [0.2, 0.25) is 11.8 Å². The molecule has 2 N–H and O–H groups in total. The number of rotatable bonds is 9. The molecule has 1 aliphatic carbocycles. The van der Waals surface area contributed by atoms with E-state index in [0.717, 1.165) is 63.1 Å². The third-order valence-corrected chi connectivity index (χ3v) is 7.68. The fraction of sp³-hybridized carbons (Fsp3) is 0.500. The molecule has 186 valence electrons. The number of benzene rings is 2. The number of hydrogen-bond donors (Lipinski definition) is 2. The minimum Gasteiger partial charge on any atom is -0.497 e. The maximum atomic E-state index is 12.8. The number of carbonyl (C=O) groups excluding carboxylic acids is 2. The van der Waals surface area contributed by atoms with Crippen LogP contribution >= 0.6 is 0 Å². The molecule has 1 saturated carbocycles. The van der Waals surface area contributed by atoms with Crippen molar-refractivity contribution >= 4 is 11.8 Å². The zero-order chi connectivity index (χ0) is 24.3. The summed E-state index contributed by atoms with van der Waals surface area (Å²) in [4.78, 5) is 27.7. The lowest BCUT2D eigenvalue weighted by atomic mass is 9.86. The first kappa shape index (κ1) is 23.8. The number of piperidine rings is 1. The number of nitrogens with zero attached hydrogens (tertiary/aromatic N) is 2. The van der Waals surface area contributed by atoms with E-state index in [9.17, 15) is 9.59 Å². The van der Waals surface area contributed by atoms with Gasteiger partial charge < -0.3 is 15.0 Å². The van der Waals surface area contributed by atoms with Crippen LogP contribution in [0, 0.1) is 5.92 Å². The highest BCUT2D eigenvalue weighted by Crippen LogP contribution is 2.33. The summed E-state index contributed by atoms with van der Waals surface area (Å²) in [6.45, 7) is 3.40. The second-order valence-corrected chi connectivity index (χ2v) is 10.3. The number of methoxy groups -OCH3 is 1. The number of ether oxygens (including phenoxy) is 1. The first-order valence-electron chi connectivity index (χ1n) is 12.8. The maximum Gasteiger partial charge on any atom is 0.238 e. The molecule has 1 spiro atoms. The van der Waals surface area contributed by atoms with Gasteiger partial charge in [-0.1, -0.05) is 42.5 Å². The molecule has 2 heterocycles. The largest absolute Gasteiger partial charge is 0.497 e. The number of hydrazine groups is 1. The summed E-state index contributed by atoms with van der Waals surface area (Å²) in [5.41, 5.74) is 5.68. The van der Waals surface area contributed by atoms with Crippen molar-refractivity contribution in [3.63, 3.8) is 0 Å². The van der Waals surface area contributed by atoms with Crippen molar-refractivity contribution in [3.8, 4) is 5.75 Å². The maximum absolute atomic E-state index is 12.8. The van der Waals surface area contributed by atoms with E-state index in [1.165, 1.54) is 5.56 Å². The molecule has 2 aromatic rings. The molecule has 2 aromatic carbocycles. The van der Waals surface area contributed by atoms with E-state index in [1.54, 1.807) is 12.1 Å². The number of hydrogen-bond acceptors (Lipinski definition) is 5. The molecule has 35 heavy (non-hydrogen) atoms. The van der Waals surface area contributed by atoms with E-state index in [2.05, 4.69) is 27.8 Å². The number of carbonyl (C=O) groups is 2. The van der Waals surface area contributed by atoms with Crippen LogP contribution in [0.1, 0.15) is 55.7 Å². The third-order valence-electron chi connectivity index (χ3n) is 7.68. The highest BCUT2D eigenvalue weighted by atomic mass is 16.5. The Kier molecular flexibility index (Phi) is 7.07. The Bertz CT molecular complexity index is 1010. The van der Waals surface area contributed by atoms with Crippen molar-refractivity contribution in [2.75, 3.05) is 26.7 Å². The zero-order valence-electron chi connectivity index (χ0n) is 20.5. The van der Waals surface area contributed by atoms with Crippen molar-refractivity contribution in [1.82, 2.24) is 20.7 Å². The summed E-state index contributed by atoms with van der Waals surface area (Å²) in [6, 6.07) is 18.2. The molecule has 3 fully saturated rings. The molecular formula is C28H36N4O3. The van der Waals surface area contributed by atoms with E-state index < -0.39 is 0 Å². The van der Waals surface area contributed by atoms with Gasteiger partial charge in [-0.3, -0.25) is 14.6 Å². The molecule has 2 amide bonds. The molecule has 2 aliphatic heterocycles. The first-order valence-corrected chi connectivity index (χ1v) is 12.8. The van der Waals surface area contributed by atoms with Gasteiger partial charge in [0.25, 0.3) is 0 Å². The molecule has 3 aliphatic rings. The van der Waals surface area contributed by atoms with Crippen LogP contribution in [0.4, 0.5) is 0 Å². The fourth-order valence-corrected chi connectivity index (χ4v) is 5.26. The van der Waals surface area contributed by atoms with Crippen LogP contribution in [0.2, 0.25) is 0 Å². The highest BCUT2D eigenvalue weighted by molar-refractivity contribution is 5.81. The van der Waals surface area contributed by atoms with Gasteiger partial charge in [-0.05, 0) is 68.5 Å². The zero-order valence-corrected chi connectivity index (χ0v) is 20.5. The van der Waals surface area contributed by atoms with E-state index >= 15 is 0 Å². The number of nitrogens with one attached hydrogen (secondary N) is 2. The quantitative estimate of drug-likeness (QED) is 0.580. The van der Waals surface area contributed by atoms with Crippen LogP contribution in [0.15, 0.2) is 54.6 Å². The van der Waals surface area contributed by atoms with E-state index in [4.69, 9.17) is 4.74 Å². The molecule has 1 atom stereocenters. The van der Waals surface area contributed by atoms with Crippen LogP contribution in [0.5, 0.6) is 5.75 Å². The molecule has 2 saturated heterocycles. The van der Waals surface area contributed by atoms with Gasteiger partial charge in [0, 0.05) is 24.4 Å². The third kappa shape index (κ3) is 5.85. The van der Waals surface area contributed by atoms with E-state index in [-0.39, 0.29) is 29.3 Å². The molecular weight excluding hydrogens is 440 g/mol. The van der Waals surface area contributed by atoms with Crippen molar-refractivity contribution in [3.05, 3.63) is 65.7 Å². The van der Waals surface area contributed by atoms with Gasteiger partial charge in [-0.2, -0.15) is 0 Å². The van der Waals surface area contributed by atoms with Gasteiger partial charge in [0.05, 0.1) is 19.7 Å². The second-order valence-electron chi connectivity index (χ2n) is 10.3. The lowest BCUT2D eigenvalue weighted by Crippen LogP contribution is -2.53. The normalized spacial score (nSPS) is 20.7. The van der Waals surface area contributed by atoms with E-state index in [0.29, 0.717) is 13.0 Å². The topological polar surface area (TPSA) is 73.9 Å². The molecule has 0 unspecified atom stereocenters. The second kappa shape index (κ2) is 10.4. The van der Waals surface area contributed by atoms with Crippen molar-refractivity contribution < 1.29 is 14.3 Å². The fourth-order valence-electron chi connectivity index (χ4n) is 5.26. The summed E-state index contributed by atoms with van der Waals surface area (Å²) in [5, 5.41) is 5.08. The van der Waals surface area contributed by atoms with Gasteiger partial charge in [0.15, 0.2) is 0 Å². The molecule has 5 rings (SSSR count). The Hall–Kier alpha value is -2.90. The van der Waals surface area contributed by atoms with Gasteiger partial charge in [0.1, 0.15) is 5.75 Å². The summed E-state index contributed by atoms with van der Waals surface area (Å²) in [5.74, 6) is 1.39. The van der Waals surface area contributed by atoms with Gasteiger partial charge in [-0.15, -0.1) is 0 Å². The number of amides is 2. The predicted octanol–water partition coefficient (Wildman–Crippen LogP) is 3.42. The Morgan fingerprint density at radius 3 is 2.49 bits per heavy atom. The first-order chi connectivity index (χ1) is 17.0. The molecule has 7 heteroatoms. The van der Waals surface area contributed by atoms with Crippen molar-refractivity contribution in [2.45, 2.75) is 56.7 Å². The molecule has 7 nitrogen and oxygen atoms in total.